The highest BCUT2D eigenvalue weighted by Crippen LogP contribution is 2.26. The molecule has 4 aromatic rings. The van der Waals surface area contributed by atoms with Crippen molar-refractivity contribution in [1.29, 1.82) is 0 Å². The van der Waals surface area contributed by atoms with Gasteiger partial charge in [0.1, 0.15) is 24.7 Å². The van der Waals surface area contributed by atoms with E-state index in [-0.39, 0.29) is 13.2 Å². The number of carbonyl (C=O) groups is 1. The number of ether oxygens (including phenoxy) is 3. The summed E-state index contributed by atoms with van der Waals surface area (Å²) in [5.74, 6) is 1.10. The molecule has 0 spiro atoms. The number of carbonyl (C=O) groups excluding carboxylic acids is 1. The SMILES string of the molecule is COc1ccc(-c2cc(C(=O)OCCOc3ccccc3)c3ccccc3n2)cc1. The highest BCUT2D eigenvalue weighted by atomic mass is 16.6. The summed E-state index contributed by atoms with van der Waals surface area (Å²) in [5, 5.41) is 0.753. The summed E-state index contributed by atoms with van der Waals surface area (Å²) < 4.78 is 16.3. The van der Waals surface area contributed by atoms with Gasteiger partial charge in [0.25, 0.3) is 0 Å². The Balaban J connectivity index is 1.54. The summed E-state index contributed by atoms with van der Waals surface area (Å²) in [7, 11) is 1.62. The number of methoxy groups -OCH3 is 1. The Morgan fingerprint density at radius 2 is 1.57 bits per heavy atom. The number of benzene rings is 3. The third kappa shape index (κ3) is 4.41. The molecule has 0 amide bonds. The number of pyridine rings is 1. The van der Waals surface area contributed by atoms with Gasteiger partial charge in [0, 0.05) is 10.9 Å². The van der Waals surface area contributed by atoms with E-state index in [1.165, 1.54) is 0 Å². The Kier molecular flexibility index (Phi) is 5.90. The van der Waals surface area contributed by atoms with Crippen LogP contribution in [0, 0.1) is 0 Å². The first-order valence-electron chi connectivity index (χ1n) is 9.64. The molecule has 5 heteroatoms. The largest absolute Gasteiger partial charge is 0.497 e. The van der Waals surface area contributed by atoms with Gasteiger partial charge in [-0.1, -0.05) is 36.4 Å². The van der Waals surface area contributed by atoms with Gasteiger partial charge in [0.05, 0.1) is 23.9 Å². The zero-order chi connectivity index (χ0) is 20.8. The van der Waals surface area contributed by atoms with E-state index in [2.05, 4.69) is 0 Å². The van der Waals surface area contributed by atoms with Gasteiger partial charge in [-0.3, -0.25) is 0 Å². The predicted octanol–water partition coefficient (Wildman–Crippen LogP) is 5.15. The van der Waals surface area contributed by atoms with Crippen LogP contribution in [0.5, 0.6) is 11.5 Å². The van der Waals surface area contributed by atoms with E-state index in [1.807, 2.05) is 78.9 Å². The third-order valence-electron chi connectivity index (χ3n) is 4.65. The molecule has 30 heavy (non-hydrogen) atoms. The lowest BCUT2D eigenvalue weighted by Gasteiger charge is -2.11. The summed E-state index contributed by atoms with van der Waals surface area (Å²) in [6, 6.07) is 26.3. The van der Waals surface area contributed by atoms with Crippen LogP contribution in [0.2, 0.25) is 0 Å². The van der Waals surface area contributed by atoms with Gasteiger partial charge in [-0.25, -0.2) is 9.78 Å². The van der Waals surface area contributed by atoms with E-state index in [9.17, 15) is 4.79 Å². The number of aromatic nitrogens is 1. The molecule has 0 unspecified atom stereocenters. The standard InChI is InChI=1S/C25H21NO4/c1-28-19-13-11-18(12-14-19)24-17-22(21-9-5-6-10-23(21)26-24)25(27)30-16-15-29-20-7-3-2-4-8-20/h2-14,17H,15-16H2,1H3. The quantitative estimate of drug-likeness (QED) is 0.318. The molecule has 150 valence electrons. The highest BCUT2D eigenvalue weighted by molar-refractivity contribution is 6.04. The lowest BCUT2D eigenvalue weighted by atomic mass is 10.0. The molecule has 1 aromatic heterocycles. The van der Waals surface area contributed by atoms with Crippen LogP contribution in [0.1, 0.15) is 10.4 Å². The minimum Gasteiger partial charge on any atom is -0.497 e. The molecule has 1 heterocycles. The summed E-state index contributed by atoms with van der Waals surface area (Å²) in [6.45, 7) is 0.437. The molecule has 0 aliphatic rings. The number of hydrogen-bond acceptors (Lipinski definition) is 5. The normalized spacial score (nSPS) is 10.6. The summed E-state index contributed by atoms with van der Waals surface area (Å²) >= 11 is 0. The van der Waals surface area contributed by atoms with E-state index < -0.39 is 5.97 Å². The van der Waals surface area contributed by atoms with Crippen LogP contribution in [0.15, 0.2) is 84.9 Å². The second-order valence-electron chi connectivity index (χ2n) is 6.60. The van der Waals surface area contributed by atoms with Crippen LogP contribution >= 0.6 is 0 Å². The number of para-hydroxylation sites is 2. The average Bonchev–Trinajstić information content (AvgIpc) is 2.81. The van der Waals surface area contributed by atoms with Crippen molar-refractivity contribution in [1.82, 2.24) is 4.98 Å². The van der Waals surface area contributed by atoms with Gasteiger partial charge in [-0.15, -0.1) is 0 Å². The van der Waals surface area contributed by atoms with Gasteiger partial charge in [0.15, 0.2) is 0 Å². The maximum Gasteiger partial charge on any atom is 0.339 e. The maximum atomic E-state index is 12.8. The van der Waals surface area contributed by atoms with Crippen LogP contribution < -0.4 is 9.47 Å². The minimum atomic E-state index is -0.403. The van der Waals surface area contributed by atoms with Crippen molar-refractivity contribution in [2.45, 2.75) is 0 Å². The lowest BCUT2D eigenvalue weighted by Crippen LogP contribution is -2.13. The topological polar surface area (TPSA) is 57.7 Å². The van der Waals surface area contributed by atoms with Crippen LogP contribution in [0.25, 0.3) is 22.2 Å². The van der Waals surface area contributed by atoms with Gasteiger partial charge >= 0.3 is 5.97 Å². The summed E-state index contributed by atoms with van der Waals surface area (Å²) in [5.41, 5.74) is 2.80. The van der Waals surface area contributed by atoms with Gasteiger partial charge in [0.2, 0.25) is 0 Å². The molecule has 0 saturated heterocycles. The molecule has 0 saturated carbocycles. The minimum absolute atomic E-state index is 0.155. The van der Waals surface area contributed by atoms with Crippen molar-refractivity contribution >= 4 is 16.9 Å². The van der Waals surface area contributed by atoms with Crippen LogP contribution in [0.3, 0.4) is 0 Å². The lowest BCUT2D eigenvalue weighted by molar-refractivity contribution is 0.0452. The monoisotopic (exact) mass is 399 g/mol. The summed E-state index contributed by atoms with van der Waals surface area (Å²) in [6.07, 6.45) is 0. The second-order valence-corrected chi connectivity index (χ2v) is 6.60. The second kappa shape index (κ2) is 9.09. The number of rotatable bonds is 7. The van der Waals surface area contributed by atoms with E-state index >= 15 is 0 Å². The molecule has 0 aliphatic heterocycles. The Morgan fingerprint density at radius 3 is 2.33 bits per heavy atom. The van der Waals surface area contributed by atoms with Crippen molar-refractivity contribution in [3.05, 3.63) is 90.5 Å². The molecular weight excluding hydrogens is 378 g/mol. The smallest absolute Gasteiger partial charge is 0.339 e. The number of esters is 1. The number of hydrogen-bond donors (Lipinski definition) is 0. The number of nitrogens with zero attached hydrogens (tertiary/aromatic N) is 1. The fourth-order valence-corrected chi connectivity index (χ4v) is 3.14. The maximum absolute atomic E-state index is 12.8. The first-order chi connectivity index (χ1) is 14.7. The zero-order valence-electron chi connectivity index (χ0n) is 16.6. The molecule has 0 atom stereocenters. The van der Waals surface area contributed by atoms with Crippen molar-refractivity contribution in [3.63, 3.8) is 0 Å². The Bertz CT molecular complexity index is 1140. The average molecular weight is 399 g/mol. The molecule has 3 aromatic carbocycles. The van der Waals surface area contributed by atoms with Crippen molar-refractivity contribution in [2.24, 2.45) is 0 Å². The molecule has 0 radical (unpaired) electrons. The predicted molar refractivity (Wildman–Crippen MR) is 116 cm³/mol. The third-order valence-corrected chi connectivity index (χ3v) is 4.65. The van der Waals surface area contributed by atoms with E-state index in [0.29, 0.717) is 11.3 Å². The van der Waals surface area contributed by atoms with E-state index in [0.717, 1.165) is 28.0 Å². The Hall–Kier alpha value is -3.86. The zero-order valence-corrected chi connectivity index (χ0v) is 16.6. The molecule has 0 N–H and O–H groups in total. The van der Waals surface area contributed by atoms with Gasteiger partial charge in [-0.05, 0) is 48.5 Å². The van der Waals surface area contributed by atoms with Crippen molar-refractivity contribution in [2.75, 3.05) is 20.3 Å². The van der Waals surface area contributed by atoms with Gasteiger partial charge < -0.3 is 14.2 Å². The Morgan fingerprint density at radius 1 is 0.833 bits per heavy atom. The van der Waals surface area contributed by atoms with Crippen LogP contribution in [0.4, 0.5) is 0 Å². The fourth-order valence-electron chi connectivity index (χ4n) is 3.14. The molecule has 0 bridgehead atoms. The van der Waals surface area contributed by atoms with Crippen LogP contribution in [-0.2, 0) is 4.74 Å². The molecular formula is C25H21NO4. The summed E-state index contributed by atoms with van der Waals surface area (Å²) in [4.78, 5) is 17.5. The first kappa shape index (κ1) is 19.5. The fraction of sp³-hybridized carbons (Fsp3) is 0.120. The highest BCUT2D eigenvalue weighted by Gasteiger charge is 2.15. The van der Waals surface area contributed by atoms with E-state index in [4.69, 9.17) is 19.2 Å². The van der Waals surface area contributed by atoms with Crippen molar-refractivity contribution < 1.29 is 19.0 Å². The Labute approximate surface area is 174 Å². The molecule has 0 fully saturated rings. The first-order valence-corrected chi connectivity index (χ1v) is 9.64. The van der Waals surface area contributed by atoms with Crippen molar-refractivity contribution in [3.8, 4) is 22.8 Å². The molecule has 4 rings (SSSR count). The molecule has 5 nitrogen and oxygen atoms in total. The van der Waals surface area contributed by atoms with Crippen LogP contribution in [-0.4, -0.2) is 31.3 Å². The van der Waals surface area contributed by atoms with Gasteiger partial charge in [-0.2, -0.15) is 0 Å². The van der Waals surface area contributed by atoms with E-state index in [1.54, 1.807) is 13.2 Å². The number of fused-ring (bicyclic) bond motifs is 1. The molecule has 0 aliphatic carbocycles.